The summed E-state index contributed by atoms with van der Waals surface area (Å²) in [6.45, 7) is 8.29. The van der Waals surface area contributed by atoms with Gasteiger partial charge in [-0.1, -0.05) is 25.9 Å². The van der Waals surface area contributed by atoms with E-state index >= 15 is 0 Å². The average molecular weight is 182 g/mol. The van der Waals surface area contributed by atoms with E-state index in [1.54, 1.807) is 0 Å². The zero-order valence-electron chi connectivity index (χ0n) is 8.79. The van der Waals surface area contributed by atoms with Crippen molar-refractivity contribution in [3.05, 3.63) is 17.5 Å². The van der Waals surface area contributed by atoms with Crippen molar-refractivity contribution >= 4 is 0 Å². The number of hydrogen-bond acceptors (Lipinski definition) is 3. The lowest BCUT2D eigenvalue weighted by Crippen LogP contribution is -2.17. The first kappa shape index (κ1) is 10.3. The van der Waals surface area contributed by atoms with Gasteiger partial charge in [0.05, 0.1) is 5.69 Å². The van der Waals surface area contributed by atoms with Gasteiger partial charge in [0.25, 0.3) is 0 Å². The maximum absolute atomic E-state index is 5.65. The van der Waals surface area contributed by atoms with Gasteiger partial charge in [0, 0.05) is 23.9 Å². The largest absolute Gasteiger partial charge is 0.361 e. The first-order chi connectivity index (χ1) is 5.89. The van der Waals surface area contributed by atoms with Crippen molar-refractivity contribution in [3.63, 3.8) is 0 Å². The predicted octanol–water partition coefficient (Wildman–Crippen LogP) is 1.86. The number of nitrogens with zero attached hydrogens (tertiary/aromatic N) is 1. The number of rotatable bonds is 2. The van der Waals surface area contributed by atoms with Crippen LogP contribution in [0.2, 0.25) is 0 Å². The maximum Gasteiger partial charge on any atom is 0.138 e. The van der Waals surface area contributed by atoms with Crippen molar-refractivity contribution in [2.45, 2.75) is 45.6 Å². The molecule has 0 amide bonds. The molecule has 1 aromatic rings. The Balaban J connectivity index is 2.75. The third-order valence-electron chi connectivity index (χ3n) is 1.85. The van der Waals surface area contributed by atoms with Gasteiger partial charge in [-0.05, 0) is 6.92 Å². The Hall–Kier alpha value is -0.830. The fourth-order valence-corrected chi connectivity index (χ4v) is 1.08. The van der Waals surface area contributed by atoms with Gasteiger partial charge in [0.15, 0.2) is 0 Å². The Morgan fingerprint density at radius 1 is 1.54 bits per heavy atom. The van der Waals surface area contributed by atoms with Crippen LogP contribution in [0.5, 0.6) is 0 Å². The van der Waals surface area contributed by atoms with Crippen molar-refractivity contribution in [3.8, 4) is 0 Å². The summed E-state index contributed by atoms with van der Waals surface area (Å²) >= 11 is 0. The van der Waals surface area contributed by atoms with E-state index in [4.69, 9.17) is 10.3 Å². The average Bonchev–Trinajstić information content (AvgIpc) is 2.32. The van der Waals surface area contributed by atoms with E-state index < -0.39 is 0 Å². The van der Waals surface area contributed by atoms with E-state index in [2.05, 4.69) is 25.9 Å². The van der Waals surface area contributed by atoms with Gasteiger partial charge >= 0.3 is 0 Å². The Morgan fingerprint density at radius 3 is 2.54 bits per heavy atom. The fraction of sp³-hybridized carbons (Fsp3) is 0.700. The molecule has 1 aromatic heterocycles. The molecule has 2 N–H and O–H groups in total. The summed E-state index contributed by atoms with van der Waals surface area (Å²) < 4.78 is 5.17. The highest BCUT2D eigenvalue weighted by molar-refractivity contribution is 5.14. The van der Waals surface area contributed by atoms with Gasteiger partial charge in [0.1, 0.15) is 5.76 Å². The standard InChI is InChI=1S/C10H18N2O/c1-7(11)5-8-6-9(12-13-8)10(2,3)4/h6-7H,5,11H2,1-4H3. The molecule has 3 heteroatoms. The number of aromatic nitrogens is 1. The lowest BCUT2D eigenvalue weighted by atomic mass is 9.92. The van der Waals surface area contributed by atoms with Crippen LogP contribution in [0.25, 0.3) is 0 Å². The molecule has 0 fully saturated rings. The van der Waals surface area contributed by atoms with E-state index in [-0.39, 0.29) is 11.5 Å². The van der Waals surface area contributed by atoms with Crippen LogP contribution in [0.1, 0.15) is 39.1 Å². The molecule has 0 spiro atoms. The van der Waals surface area contributed by atoms with Crippen LogP contribution in [0.15, 0.2) is 10.6 Å². The third-order valence-corrected chi connectivity index (χ3v) is 1.85. The molecular formula is C10H18N2O. The lowest BCUT2D eigenvalue weighted by Gasteiger charge is -2.12. The molecule has 3 nitrogen and oxygen atoms in total. The van der Waals surface area contributed by atoms with E-state index in [0.717, 1.165) is 17.9 Å². The minimum Gasteiger partial charge on any atom is -0.361 e. The molecule has 0 aromatic carbocycles. The van der Waals surface area contributed by atoms with Gasteiger partial charge in [-0.2, -0.15) is 0 Å². The predicted molar refractivity (Wildman–Crippen MR) is 52.6 cm³/mol. The highest BCUT2D eigenvalue weighted by atomic mass is 16.5. The third kappa shape index (κ3) is 2.84. The Labute approximate surface area is 79.3 Å². The zero-order valence-corrected chi connectivity index (χ0v) is 8.79. The second-order valence-corrected chi connectivity index (χ2v) is 4.61. The number of hydrogen-bond donors (Lipinski definition) is 1. The fourth-order valence-electron chi connectivity index (χ4n) is 1.08. The van der Waals surface area contributed by atoms with E-state index in [1.165, 1.54) is 0 Å². The van der Waals surface area contributed by atoms with Crippen molar-refractivity contribution in [1.82, 2.24) is 5.16 Å². The molecule has 0 radical (unpaired) electrons. The molecule has 1 rings (SSSR count). The Morgan fingerprint density at radius 2 is 2.15 bits per heavy atom. The van der Waals surface area contributed by atoms with Crippen molar-refractivity contribution in [2.75, 3.05) is 0 Å². The van der Waals surface area contributed by atoms with Crippen LogP contribution in [0, 0.1) is 0 Å². The normalized spacial score (nSPS) is 14.5. The zero-order chi connectivity index (χ0) is 10.1. The van der Waals surface area contributed by atoms with E-state index in [0.29, 0.717) is 0 Å². The van der Waals surface area contributed by atoms with E-state index in [1.807, 2.05) is 13.0 Å². The van der Waals surface area contributed by atoms with Crippen molar-refractivity contribution in [2.24, 2.45) is 5.73 Å². The topological polar surface area (TPSA) is 52.0 Å². The minimum atomic E-state index is 0.0551. The van der Waals surface area contributed by atoms with Crippen LogP contribution in [0.3, 0.4) is 0 Å². The van der Waals surface area contributed by atoms with Crippen molar-refractivity contribution in [1.29, 1.82) is 0 Å². The summed E-state index contributed by atoms with van der Waals surface area (Å²) in [5.41, 5.74) is 6.70. The highest BCUT2D eigenvalue weighted by Crippen LogP contribution is 2.21. The molecule has 0 saturated carbocycles. The second-order valence-electron chi connectivity index (χ2n) is 4.61. The second kappa shape index (κ2) is 3.50. The molecule has 0 saturated heterocycles. The molecule has 13 heavy (non-hydrogen) atoms. The minimum absolute atomic E-state index is 0.0551. The lowest BCUT2D eigenvalue weighted by molar-refractivity contribution is 0.359. The first-order valence-electron chi connectivity index (χ1n) is 4.61. The summed E-state index contributed by atoms with van der Waals surface area (Å²) in [6.07, 6.45) is 0.753. The summed E-state index contributed by atoms with van der Waals surface area (Å²) in [5, 5.41) is 4.01. The van der Waals surface area contributed by atoms with Gasteiger partial charge in [-0.25, -0.2) is 0 Å². The quantitative estimate of drug-likeness (QED) is 0.759. The maximum atomic E-state index is 5.65. The van der Waals surface area contributed by atoms with Crippen LogP contribution in [-0.4, -0.2) is 11.2 Å². The monoisotopic (exact) mass is 182 g/mol. The molecule has 1 unspecified atom stereocenters. The first-order valence-corrected chi connectivity index (χ1v) is 4.61. The van der Waals surface area contributed by atoms with Crippen LogP contribution >= 0.6 is 0 Å². The van der Waals surface area contributed by atoms with Gasteiger partial charge in [0.2, 0.25) is 0 Å². The van der Waals surface area contributed by atoms with E-state index in [9.17, 15) is 0 Å². The van der Waals surface area contributed by atoms with Gasteiger partial charge < -0.3 is 10.3 Å². The number of nitrogens with two attached hydrogens (primary N) is 1. The Kier molecular flexibility index (Phi) is 2.76. The molecule has 1 heterocycles. The summed E-state index contributed by atoms with van der Waals surface area (Å²) in [4.78, 5) is 0. The van der Waals surface area contributed by atoms with Gasteiger partial charge in [-0.3, -0.25) is 0 Å². The summed E-state index contributed by atoms with van der Waals surface area (Å²) in [5.74, 6) is 0.875. The van der Waals surface area contributed by atoms with Crippen LogP contribution in [-0.2, 0) is 11.8 Å². The molecule has 0 aliphatic carbocycles. The van der Waals surface area contributed by atoms with Crippen LogP contribution < -0.4 is 5.73 Å². The molecular weight excluding hydrogens is 164 g/mol. The highest BCUT2D eigenvalue weighted by Gasteiger charge is 2.18. The summed E-state index contributed by atoms with van der Waals surface area (Å²) in [6, 6.07) is 2.12. The summed E-state index contributed by atoms with van der Waals surface area (Å²) in [7, 11) is 0. The molecule has 0 aliphatic heterocycles. The molecule has 0 aliphatic rings. The van der Waals surface area contributed by atoms with Gasteiger partial charge in [-0.15, -0.1) is 0 Å². The molecule has 0 bridgehead atoms. The Bertz CT molecular complexity index is 271. The smallest absolute Gasteiger partial charge is 0.138 e. The van der Waals surface area contributed by atoms with Crippen molar-refractivity contribution < 1.29 is 4.52 Å². The molecule has 1 atom stereocenters. The van der Waals surface area contributed by atoms with Crippen LogP contribution in [0.4, 0.5) is 0 Å². The molecule has 74 valence electrons. The SMILES string of the molecule is CC(N)Cc1cc(C(C)(C)C)no1.